The van der Waals surface area contributed by atoms with Crippen LogP contribution in [-0.2, 0) is 27.3 Å². The highest BCUT2D eigenvalue weighted by Gasteiger charge is 2.36. The number of benzene rings is 2. The molecule has 232 valence electrons. The molecule has 3 aromatic rings. The number of pyridine rings is 1. The summed E-state index contributed by atoms with van der Waals surface area (Å²) in [6.07, 6.45) is -7.36. The van der Waals surface area contributed by atoms with E-state index in [1.165, 1.54) is 36.5 Å². The maximum absolute atomic E-state index is 13.0. The molecule has 1 unspecified atom stereocenters. The number of halogens is 6. The Morgan fingerprint density at radius 1 is 1.00 bits per heavy atom. The summed E-state index contributed by atoms with van der Waals surface area (Å²) in [5, 5.41) is 2.72. The first-order chi connectivity index (χ1) is 20.2. The molecule has 1 aliphatic heterocycles. The summed E-state index contributed by atoms with van der Waals surface area (Å²) in [5.74, 6) is -0.386. The number of sulfone groups is 1. The van der Waals surface area contributed by atoms with Crippen molar-refractivity contribution in [3.8, 4) is 0 Å². The standard InChI is InChI=1S/C29H29F6N3O4S/c1-2-43(40,41)25-10-3-19(4-11-25)14-37-27(39)21-7-12-26(36-15-21)38-16-22(13-24(38)17-42-18-28(30,31)32)20-5-8-23(9-6-20)29(33,34)35/h3-12,15,22,24H,2,13-14,16-18H2,1H3,(H,37,39)/t22?,24-/m0/s1. The molecule has 2 atom stereocenters. The van der Waals surface area contributed by atoms with Crippen LogP contribution < -0.4 is 10.2 Å². The lowest BCUT2D eigenvalue weighted by molar-refractivity contribution is -0.174. The SMILES string of the molecule is CCS(=O)(=O)c1ccc(CNC(=O)c2ccc(N3CC(c4ccc(C(F)(F)F)cc4)C[C@H]3COCC(F)(F)F)nc2)cc1. The smallest absolute Gasteiger partial charge is 0.370 e. The summed E-state index contributed by atoms with van der Waals surface area (Å²) in [5.41, 5.74) is 0.708. The summed E-state index contributed by atoms with van der Waals surface area (Å²) in [7, 11) is -3.34. The third-order valence-corrected chi connectivity index (χ3v) is 8.87. The van der Waals surface area contributed by atoms with E-state index < -0.39 is 46.3 Å². The van der Waals surface area contributed by atoms with Crippen molar-refractivity contribution in [3.63, 3.8) is 0 Å². The van der Waals surface area contributed by atoms with Crippen molar-refractivity contribution in [3.05, 3.63) is 89.1 Å². The third kappa shape index (κ3) is 8.47. The average Bonchev–Trinajstić information content (AvgIpc) is 3.39. The Morgan fingerprint density at radius 3 is 2.23 bits per heavy atom. The molecule has 43 heavy (non-hydrogen) atoms. The van der Waals surface area contributed by atoms with Gasteiger partial charge in [0.2, 0.25) is 0 Å². The fraction of sp³-hybridized carbons (Fsp3) is 0.379. The molecule has 1 N–H and O–H groups in total. The number of hydrogen-bond donors (Lipinski definition) is 1. The van der Waals surface area contributed by atoms with Gasteiger partial charge in [0.05, 0.1) is 34.4 Å². The third-order valence-electron chi connectivity index (χ3n) is 7.12. The van der Waals surface area contributed by atoms with Crippen LogP contribution in [0.4, 0.5) is 32.2 Å². The first-order valence-corrected chi connectivity index (χ1v) is 15.0. The van der Waals surface area contributed by atoms with Crippen LogP contribution in [0.3, 0.4) is 0 Å². The molecule has 0 saturated carbocycles. The second kappa shape index (κ2) is 12.9. The maximum Gasteiger partial charge on any atom is 0.416 e. The van der Waals surface area contributed by atoms with E-state index in [0.717, 1.165) is 12.1 Å². The van der Waals surface area contributed by atoms with Crippen LogP contribution in [0.1, 0.15) is 46.3 Å². The Morgan fingerprint density at radius 2 is 1.67 bits per heavy atom. The number of carbonyl (C=O) groups excluding carboxylic acids is 1. The summed E-state index contributed by atoms with van der Waals surface area (Å²) in [6, 6.07) is 13.3. The average molecular weight is 630 g/mol. The Kier molecular flexibility index (Phi) is 9.70. The lowest BCUT2D eigenvalue weighted by Crippen LogP contribution is -2.35. The van der Waals surface area contributed by atoms with Gasteiger partial charge in [0.15, 0.2) is 9.84 Å². The second-order valence-electron chi connectivity index (χ2n) is 10.1. The molecule has 1 saturated heterocycles. The Hall–Kier alpha value is -3.65. The predicted octanol–water partition coefficient (Wildman–Crippen LogP) is 5.77. The van der Waals surface area contributed by atoms with Crippen LogP contribution >= 0.6 is 0 Å². The molecule has 2 aromatic carbocycles. The summed E-state index contributed by atoms with van der Waals surface area (Å²) in [4.78, 5) is 18.9. The highest BCUT2D eigenvalue weighted by Crippen LogP contribution is 2.36. The predicted molar refractivity (Wildman–Crippen MR) is 146 cm³/mol. The molecular formula is C29H29F6N3O4S. The zero-order chi connectivity index (χ0) is 31.4. The second-order valence-corrected chi connectivity index (χ2v) is 12.4. The van der Waals surface area contributed by atoms with E-state index in [9.17, 15) is 39.6 Å². The maximum atomic E-state index is 13.0. The Labute approximate surface area is 244 Å². The van der Waals surface area contributed by atoms with Gasteiger partial charge < -0.3 is 15.0 Å². The first kappa shape index (κ1) is 32.3. The van der Waals surface area contributed by atoms with E-state index in [1.807, 2.05) is 0 Å². The van der Waals surface area contributed by atoms with Gasteiger partial charge in [-0.1, -0.05) is 31.2 Å². The number of aromatic nitrogens is 1. The monoisotopic (exact) mass is 629 g/mol. The van der Waals surface area contributed by atoms with Crippen LogP contribution in [0.5, 0.6) is 0 Å². The van der Waals surface area contributed by atoms with Crippen molar-refractivity contribution >= 4 is 21.6 Å². The molecule has 1 fully saturated rings. The number of ether oxygens (including phenoxy) is 1. The molecule has 0 aliphatic carbocycles. The Bertz CT molecular complexity index is 1490. The minimum atomic E-state index is -4.52. The van der Waals surface area contributed by atoms with Gasteiger partial charge in [0, 0.05) is 25.2 Å². The topological polar surface area (TPSA) is 88.6 Å². The molecule has 2 heterocycles. The summed E-state index contributed by atoms with van der Waals surface area (Å²) < 4.78 is 106. The number of carbonyl (C=O) groups is 1. The highest BCUT2D eigenvalue weighted by atomic mass is 32.2. The van der Waals surface area contributed by atoms with Gasteiger partial charge in [0.25, 0.3) is 5.91 Å². The van der Waals surface area contributed by atoms with Crippen molar-refractivity contribution in [2.45, 2.75) is 49.1 Å². The van der Waals surface area contributed by atoms with Crippen molar-refractivity contribution < 1.29 is 44.3 Å². The van der Waals surface area contributed by atoms with Gasteiger partial charge >= 0.3 is 12.4 Å². The molecule has 7 nitrogen and oxygen atoms in total. The van der Waals surface area contributed by atoms with E-state index in [1.54, 1.807) is 30.0 Å². The van der Waals surface area contributed by atoms with Gasteiger partial charge in [-0.25, -0.2) is 13.4 Å². The van der Waals surface area contributed by atoms with Crippen molar-refractivity contribution in [2.75, 3.05) is 30.4 Å². The molecule has 0 bridgehead atoms. The molecule has 4 rings (SSSR count). The van der Waals surface area contributed by atoms with E-state index in [0.29, 0.717) is 23.4 Å². The number of nitrogens with zero attached hydrogens (tertiary/aromatic N) is 2. The van der Waals surface area contributed by atoms with Crippen molar-refractivity contribution in [2.24, 2.45) is 0 Å². The quantitative estimate of drug-likeness (QED) is 0.287. The highest BCUT2D eigenvalue weighted by molar-refractivity contribution is 7.91. The van der Waals surface area contributed by atoms with E-state index in [-0.39, 0.29) is 41.8 Å². The first-order valence-electron chi connectivity index (χ1n) is 13.3. The van der Waals surface area contributed by atoms with E-state index in [2.05, 4.69) is 10.3 Å². The minimum absolute atomic E-state index is 0.0272. The van der Waals surface area contributed by atoms with Gasteiger partial charge in [-0.05, 0) is 53.9 Å². The van der Waals surface area contributed by atoms with Gasteiger partial charge in [-0.3, -0.25) is 4.79 Å². The summed E-state index contributed by atoms with van der Waals surface area (Å²) >= 11 is 0. The molecule has 1 amide bonds. The van der Waals surface area contributed by atoms with Crippen LogP contribution in [0.25, 0.3) is 0 Å². The minimum Gasteiger partial charge on any atom is -0.370 e. The normalized spacial score (nSPS) is 17.7. The number of rotatable bonds is 10. The van der Waals surface area contributed by atoms with Crippen molar-refractivity contribution in [1.82, 2.24) is 10.3 Å². The van der Waals surface area contributed by atoms with Crippen LogP contribution in [0, 0.1) is 0 Å². The zero-order valence-electron chi connectivity index (χ0n) is 23.0. The fourth-order valence-electron chi connectivity index (χ4n) is 4.81. The van der Waals surface area contributed by atoms with Crippen LogP contribution in [-0.4, -0.2) is 57.0 Å². The number of anilines is 1. The molecule has 1 aliphatic rings. The van der Waals surface area contributed by atoms with Gasteiger partial charge in [-0.15, -0.1) is 0 Å². The van der Waals surface area contributed by atoms with Gasteiger partial charge in [0.1, 0.15) is 12.4 Å². The molecule has 14 heteroatoms. The number of hydrogen-bond acceptors (Lipinski definition) is 6. The zero-order valence-corrected chi connectivity index (χ0v) is 23.8. The number of alkyl halides is 6. The fourth-order valence-corrected chi connectivity index (χ4v) is 5.69. The Balaban J connectivity index is 1.43. The number of amides is 1. The lowest BCUT2D eigenvalue weighted by atomic mass is 9.95. The van der Waals surface area contributed by atoms with E-state index >= 15 is 0 Å². The summed E-state index contributed by atoms with van der Waals surface area (Å²) in [6.45, 7) is 0.233. The molecule has 1 aromatic heterocycles. The molecule has 0 spiro atoms. The van der Waals surface area contributed by atoms with E-state index in [4.69, 9.17) is 4.74 Å². The van der Waals surface area contributed by atoms with Gasteiger partial charge in [-0.2, -0.15) is 26.3 Å². The lowest BCUT2D eigenvalue weighted by Gasteiger charge is -2.26. The largest absolute Gasteiger partial charge is 0.416 e. The number of nitrogens with one attached hydrogen (secondary N) is 1. The molecule has 0 radical (unpaired) electrons. The van der Waals surface area contributed by atoms with Crippen molar-refractivity contribution in [1.29, 1.82) is 0 Å². The molecular weight excluding hydrogens is 600 g/mol. The van der Waals surface area contributed by atoms with Crippen LogP contribution in [0.2, 0.25) is 0 Å². The van der Waals surface area contributed by atoms with Crippen LogP contribution in [0.15, 0.2) is 71.8 Å².